The Morgan fingerprint density at radius 1 is 0.780 bits per heavy atom. The maximum Gasteiger partial charge on any atom is 0.312 e. The second kappa shape index (κ2) is 17.6. The van der Waals surface area contributed by atoms with Crippen LogP contribution in [0.25, 0.3) is 0 Å². The fourth-order valence-corrected chi connectivity index (χ4v) is 8.91. The van der Waals surface area contributed by atoms with E-state index in [0.29, 0.717) is 64.8 Å². The molecule has 0 aromatic heterocycles. The summed E-state index contributed by atoms with van der Waals surface area (Å²) in [5.74, 6) is -0.581. The highest BCUT2D eigenvalue weighted by atomic mass is 19.1. The SMILES string of the molecule is N#CC1CC(F)CN1C(=O)CNC12CCC(C(=O)OCCCCCOC(=O)C3(CCCNCC(=O)N4CC[C@H](F)C4)CCCCC3)(CC1)CC2. The van der Waals surface area contributed by atoms with E-state index in [2.05, 4.69) is 10.6 Å². The first-order chi connectivity index (χ1) is 24.1. The average Bonchev–Trinajstić information content (AvgIpc) is 3.75. The van der Waals surface area contributed by atoms with Crippen molar-refractivity contribution in [3.63, 3.8) is 0 Å². The number of carbonyl (C=O) groups is 4. The van der Waals surface area contributed by atoms with Crippen LogP contribution in [0.1, 0.15) is 116 Å². The highest BCUT2D eigenvalue weighted by molar-refractivity contribution is 5.80. The molecule has 6 rings (SSSR count). The molecule has 50 heavy (non-hydrogen) atoms. The van der Waals surface area contributed by atoms with Crippen LogP contribution in [0.4, 0.5) is 8.78 Å². The topological polar surface area (TPSA) is 141 Å². The van der Waals surface area contributed by atoms with E-state index >= 15 is 0 Å². The van der Waals surface area contributed by atoms with Crippen molar-refractivity contribution in [3.8, 4) is 6.07 Å². The molecule has 280 valence electrons. The van der Waals surface area contributed by atoms with Crippen LogP contribution >= 0.6 is 0 Å². The number of likely N-dealkylation sites (tertiary alicyclic amines) is 2. The van der Waals surface area contributed by atoms with Crippen molar-refractivity contribution >= 4 is 23.8 Å². The number of fused-ring (bicyclic) bond motifs is 3. The van der Waals surface area contributed by atoms with Gasteiger partial charge in [0.25, 0.3) is 0 Å². The average molecular weight is 706 g/mol. The first kappa shape index (κ1) is 38.4. The van der Waals surface area contributed by atoms with Crippen LogP contribution in [-0.2, 0) is 28.7 Å². The first-order valence-corrected chi connectivity index (χ1v) is 19.1. The van der Waals surface area contributed by atoms with Gasteiger partial charge in [-0.1, -0.05) is 19.3 Å². The Kier molecular flexibility index (Phi) is 13.5. The number of esters is 2. The number of halogens is 2. The summed E-state index contributed by atoms with van der Waals surface area (Å²) in [6.45, 7) is 2.21. The first-order valence-electron chi connectivity index (χ1n) is 19.1. The summed E-state index contributed by atoms with van der Waals surface area (Å²) in [5.41, 5.74) is -1.15. The van der Waals surface area contributed by atoms with E-state index in [1.54, 1.807) is 4.90 Å². The molecule has 2 unspecified atom stereocenters. The van der Waals surface area contributed by atoms with Gasteiger partial charge >= 0.3 is 11.9 Å². The van der Waals surface area contributed by atoms with Crippen LogP contribution in [-0.4, -0.2) is 110 Å². The minimum absolute atomic E-state index is 0.0260. The number of hydrogen-bond donors (Lipinski definition) is 2. The number of hydrogen-bond acceptors (Lipinski definition) is 9. The lowest BCUT2D eigenvalue weighted by molar-refractivity contribution is -0.164. The zero-order valence-corrected chi connectivity index (χ0v) is 29.7. The molecule has 2 amide bonds. The Hall–Kier alpha value is -2.85. The Morgan fingerprint density at radius 2 is 1.46 bits per heavy atom. The van der Waals surface area contributed by atoms with Gasteiger partial charge in [-0.3, -0.25) is 19.2 Å². The predicted molar refractivity (Wildman–Crippen MR) is 181 cm³/mol. The Bertz CT molecular complexity index is 1210. The summed E-state index contributed by atoms with van der Waals surface area (Å²) in [4.78, 5) is 54.3. The van der Waals surface area contributed by atoms with Crippen LogP contribution in [0.3, 0.4) is 0 Å². The van der Waals surface area contributed by atoms with Gasteiger partial charge in [-0.05, 0) is 96.4 Å². The third kappa shape index (κ3) is 9.52. The lowest BCUT2D eigenvalue weighted by Crippen LogP contribution is -2.58. The molecule has 4 saturated carbocycles. The second-order valence-electron chi connectivity index (χ2n) is 15.6. The number of nitrogens with one attached hydrogen (secondary N) is 2. The van der Waals surface area contributed by atoms with Crippen LogP contribution < -0.4 is 10.6 Å². The van der Waals surface area contributed by atoms with Gasteiger partial charge in [0.05, 0.1) is 56.3 Å². The Morgan fingerprint density at radius 3 is 2.10 bits per heavy atom. The third-order valence-electron chi connectivity index (χ3n) is 12.3. The smallest absolute Gasteiger partial charge is 0.312 e. The molecule has 2 heterocycles. The molecule has 0 aromatic carbocycles. The molecule has 13 heteroatoms. The minimum atomic E-state index is -1.15. The van der Waals surface area contributed by atoms with E-state index in [9.17, 15) is 33.2 Å². The Labute approximate surface area is 295 Å². The summed E-state index contributed by atoms with van der Waals surface area (Å²) in [6, 6.07) is 1.32. The predicted octanol–water partition coefficient (Wildman–Crippen LogP) is 4.28. The molecule has 0 aromatic rings. The maximum absolute atomic E-state index is 13.8. The van der Waals surface area contributed by atoms with Gasteiger partial charge < -0.3 is 29.9 Å². The molecule has 6 aliphatic rings. The summed E-state index contributed by atoms with van der Waals surface area (Å²) >= 11 is 0. The molecule has 2 N–H and O–H groups in total. The zero-order chi connectivity index (χ0) is 35.6. The monoisotopic (exact) mass is 705 g/mol. The number of rotatable bonds is 17. The lowest BCUT2D eigenvalue weighted by Gasteiger charge is -2.52. The number of alkyl halides is 2. The minimum Gasteiger partial charge on any atom is -0.465 e. The van der Waals surface area contributed by atoms with E-state index in [1.807, 2.05) is 6.07 Å². The fraction of sp³-hybridized carbons (Fsp3) is 0.865. The van der Waals surface area contributed by atoms with Crippen molar-refractivity contribution in [3.05, 3.63) is 0 Å². The third-order valence-corrected chi connectivity index (χ3v) is 12.3. The van der Waals surface area contributed by atoms with Crippen molar-refractivity contribution in [2.45, 2.75) is 139 Å². The number of unbranched alkanes of at least 4 members (excludes halogenated alkanes) is 2. The van der Waals surface area contributed by atoms with Gasteiger partial charge in [-0.25, -0.2) is 8.78 Å². The normalized spacial score (nSPS) is 30.2. The molecule has 2 saturated heterocycles. The summed E-state index contributed by atoms with van der Waals surface area (Å²) in [6.07, 6.45) is 11.3. The molecule has 0 spiro atoms. The summed E-state index contributed by atoms with van der Waals surface area (Å²) in [7, 11) is 0. The van der Waals surface area contributed by atoms with Gasteiger partial charge in [0.1, 0.15) is 18.4 Å². The summed E-state index contributed by atoms with van der Waals surface area (Å²) < 4.78 is 38.7. The van der Waals surface area contributed by atoms with E-state index in [0.717, 1.165) is 70.6 Å². The largest absolute Gasteiger partial charge is 0.465 e. The standard InChI is InChI=1S/C37H57F2N5O6/c38-28-8-19-43(26-28)31(45)24-41-18-7-11-35(9-3-1-4-10-35)33(47)49-20-5-2-6-21-50-34(48)36-12-15-37(16-13-36,17-14-36)42-25-32(46)44-27-29(39)22-30(44)23-40/h28-30,41-42H,1-22,24-27H2/t28-,29?,30?,36?,37?/m0/s1. The number of carbonyl (C=O) groups excluding carboxylic acids is 4. The molecular formula is C37H57F2N5O6. The van der Waals surface area contributed by atoms with Crippen molar-refractivity contribution in [2.24, 2.45) is 10.8 Å². The second-order valence-corrected chi connectivity index (χ2v) is 15.6. The van der Waals surface area contributed by atoms with Gasteiger partial charge in [0, 0.05) is 18.5 Å². The van der Waals surface area contributed by atoms with Crippen molar-refractivity contribution < 1.29 is 37.4 Å². The summed E-state index contributed by atoms with van der Waals surface area (Å²) in [5, 5.41) is 15.8. The molecule has 6 fully saturated rings. The number of nitrogens with zero attached hydrogens (tertiary/aromatic N) is 3. The highest BCUT2D eigenvalue weighted by Gasteiger charge is 2.53. The van der Waals surface area contributed by atoms with E-state index in [1.165, 1.54) is 4.90 Å². The fourth-order valence-electron chi connectivity index (χ4n) is 8.91. The van der Waals surface area contributed by atoms with E-state index < -0.39 is 29.2 Å². The van der Waals surface area contributed by atoms with Crippen LogP contribution in [0, 0.1) is 22.2 Å². The quantitative estimate of drug-likeness (QED) is 0.168. The van der Waals surface area contributed by atoms with Crippen molar-refractivity contribution in [1.82, 2.24) is 20.4 Å². The van der Waals surface area contributed by atoms with Crippen molar-refractivity contribution in [2.75, 3.05) is 52.5 Å². The van der Waals surface area contributed by atoms with Gasteiger partial charge in [-0.15, -0.1) is 0 Å². The molecule has 11 nitrogen and oxygen atoms in total. The van der Waals surface area contributed by atoms with E-state index in [-0.39, 0.29) is 61.9 Å². The van der Waals surface area contributed by atoms with Crippen molar-refractivity contribution in [1.29, 1.82) is 5.26 Å². The van der Waals surface area contributed by atoms with Gasteiger partial charge in [0.15, 0.2) is 0 Å². The highest BCUT2D eigenvalue weighted by Crippen LogP contribution is 2.53. The maximum atomic E-state index is 13.8. The number of ether oxygens (including phenoxy) is 2. The van der Waals surface area contributed by atoms with E-state index in [4.69, 9.17) is 9.47 Å². The molecular weight excluding hydrogens is 648 g/mol. The number of nitriles is 1. The molecule has 2 bridgehead atoms. The van der Waals surface area contributed by atoms with Gasteiger partial charge in [-0.2, -0.15) is 5.26 Å². The van der Waals surface area contributed by atoms with Crippen LogP contribution in [0.15, 0.2) is 0 Å². The Balaban J connectivity index is 0.930. The lowest BCUT2D eigenvalue weighted by atomic mass is 9.57. The molecule has 3 atom stereocenters. The van der Waals surface area contributed by atoms with Crippen LogP contribution in [0.2, 0.25) is 0 Å². The molecule has 4 aliphatic carbocycles. The van der Waals surface area contributed by atoms with Gasteiger partial charge in [0.2, 0.25) is 11.8 Å². The number of amides is 2. The molecule has 0 radical (unpaired) electrons. The molecule has 2 aliphatic heterocycles. The van der Waals surface area contributed by atoms with Crippen LogP contribution in [0.5, 0.6) is 0 Å². The zero-order valence-electron chi connectivity index (χ0n) is 29.7.